The van der Waals surface area contributed by atoms with Gasteiger partial charge in [-0.25, -0.2) is 4.98 Å². The van der Waals surface area contributed by atoms with Crippen LogP contribution in [-0.2, 0) is 7.05 Å². The first kappa shape index (κ1) is 15.9. The second-order valence-electron chi connectivity index (χ2n) is 5.87. The Morgan fingerprint density at radius 1 is 1.35 bits per heavy atom. The summed E-state index contributed by atoms with van der Waals surface area (Å²) in [5.41, 5.74) is 2.50. The molecule has 6 heteroatoms. The van der Waals surface area contributed by atoms with Gasteiger partial charge in [-0.3, -0.25) is 4.68 Å². The first-order chi connectivity index (χ1) is 11.1. The molecule has 0 spiro atoms. The lowest BCUT2D eigenvalue weighted by molar-refractivity contribution is 0.124. The maximum Gasteiger partial charge on any atom is 0.131 e. The molecular formula is C17H19ClN4O. The lowest BCUT2D eigenvalue weighted by Crippen LogP contribution is -2.30. The number of pyridine rings is 1. The molecule has 3 rings (SSSR count). The molecular weight excluding hydrogens is 312 g/mol. The first-order valence-electron chi connectivity index (χ1n) is 7.71. The van der Waals surface area contributed by atoms with E-state index >= 15 is 0 Å². The van der Waals surface area contributed by atoms with E-state index in [1.807, 2.05) is 13.2 Å². The lowest BCUT2D eigenvalue weighted by Gasteiger charge is -2.27. The predicted molar refractivity (Wildman–Crippen MR) is 90.3 cm³/mol. The van der Waals surface area contributed by atoms with E-state index in [4.69, 9.17) is 11.6 Å². The second kappa shape index (κ2) is 7.03. The van der Waals surface area contributed by atoms with Gasteiger partial charge in [-0.15, -0.1) is 0 Å². The number of aliphatic hydroxyl groups is 1. The molecule has 120 valence electrons. The average Bonchev–Trinajstić information content (AvgIpc) is 2.92. The van der Waals surface area contributed by atoms with Crippen LogP contribution in [0.15, 0.2) is 24.7 Å². The van der Waals surface area contributed by atoms with E-state index in [0.29, 0.717) is 5.15 Å². The number of anilines is 1. The minimum absolute atomic E-state index is 0.233. The topological polar surface area (TPSA) is 63.0 Å². The predicted octanol–water partition coefficient (Wildman–Crippen LogP) is 2.58. The summed E-state index contributed by atoms with van der Waals surface area (Å²) in [7, 11) is 1.86. The van der Waals surface area contributed by atoms with E-state index in [1.165, 1.54) is 0 Å². The maximum absolute atomic E-state index is 9.82. The third-order valence-electron chi connectivity index (χ3n) is 3.92. The van der Waals surface area contributed by atoms with Crippen LogP contribution in [0, 0.1) is 11.8 Å². The van der Waals surface area contributed by atoms with Crippen molar-refractivity contribution >= 4 is 17.3 Å². The van der Waals surface area contributed by atoms with Gasteiger partial charge in [0.2, 0.25) is 0 Å². The molecule has 2 atom stereocenters. The summed E-state index contributed by atoms with van der Waals surface area (Å²) in [6.45, 7) is 0. The van der Waals surface area contributed by atoms with Crippen molar-refractivity contribution in [2.24, 2.45) is 7.05 Å². The molecule has 1 aliphatic rings. The second-order valence-corrected chi connectivity index (χ2v) is 6.25. The number of hydrogen-bond donors (Lipinski definition) is 2. The van der Waals surface area contributed by atoms with E-state index in [9.17, 15) is 5.11 Å². The first-order valence-corrected chi connectivity index (χ1v) is 8.09. The Hall–Kier alpha value is -2.03. The monoisotopic (exact) mass is 330 g/mol. The molecule has 0 saturated heterocycles. The number of nitrogens with zero attached hydrogens (tertiary/aromatic N) is 3. The molecule has 1 aliphatic carbocycles. The summed E-state index contributed by atoms with van der Waals surface area (Å²) in [6, 6.07) is 2.02. The van der Waals surface area contributed by atoms with Crippen molar-refractivity contribution in [3.05, 3.63) is 40.9 Å². The molecule has 1 saturated carbocycles. The average molecular weight is 331 g/mol. The maximum atomic E-state index is 9.82. The third-order valence-corrected chi connectivity index (χ3v) is 4.13. The van der Waals surface area contributed by atoms with Gasteiger partial charge in [0.15, 0.2) is 0 Å². The molecule has 2 aromatic heterocycles. The van der Waals surface area contributed by atoms with Crippen LogP contribution < -0.4 is 5.32 Å². The van der Waals surface area contributed by atoms with Crippen LogP contribution >= 0.6 is 11.6 Å². The SMILES string of the molecule is Cn1cc(C#Cc2cnc(Cl)cc2N[C@H]2CCC[C@@H](O)C2)cn1. The molecule has 0 aromatic carbocycles. The normalized spacial score (nSPS) is 20.7. The lowest BCUT2D eigenvalue weighted by atomic mass is 9.93. The van der Waals surface area contributed by atoms with Crippen LogP contribution in [0.5, 0.6) is 0 Å². The van der Waals surface area contributed by atoms with E-state index in [-0.39, 0.29) is 12.1 Å². The van der Waals surface area contributed by atoms with E-state index in [1.54, 1.807) is 23.1 Å². The van der Waals surface area contributed by atoms with Gasteiger partial charge in [-0.1, -0.05) is 23.4 Å². The van der Waals surface area contributed by atoms with Crippen LogP contribution in [0.25, 0.3) is 0 Å². The molecule has 0 radical (unpaired) electrons. The van der Waals surface area contributed by atoms with Crippen molar-refractivity contribution in [2.75, 3.05) is 5.32 Å². The van der Waals surface area contributed by atoms with Crippen molar-refractivity contribution in [3.63, 3.8) is 0 Å². The summed E-state index contributed by atoms with van der Waals surface area (Å²) >= 11 is 6.02. The van der Waals surface area contributed by atoms with Gasteiger partial charge < -0.3 is 10.4 Å². The highest BCUT2D eigenvalue weighted by atomic mass is 35.5. The highest BCUT2D eigenvalue weighted by Gasteiger charge is 2.20. The molecule has 0 unspecified atom stereocenters. The Kier molecular flexibility index (Phi) is 4.85. The van der Waals surface area contributed by atoms with Crippen LogP contribution in [0.2, 0.25) is 5.15 Å². The fourth-order valence-electron chi connectivity index (χ4n) is 2.79. The zero-order valence-electron chi connectivity index (χ0n) is 13.0. The summed E-state index contributed by atoms with van der Waals surface area (Å²) in [4.78, 5) is 4.12. The van der Waals surface area contributed by atoms with Crippen molar-refractivity contribution in [1.82, 2.24) is 14.8 Å². The molecule has 5 nitrogen and oxygen atoms in total. The Morgan fingerprint density at radius 2 is 2.22 bits per heavy atom. The number of halogens is 1. The van der Waals surface area contributed by atoms with Gasteiger partial charge in [0, 0.05) is 25.5 Å². The zero-order valence-corrected chi connectivity index (χ0v) is 13.7. The van der Waals surface area contributed by atoms with Gasteiger partial charge in [-0.05, 0) is 31.7 Å². The van der Waals surface area contributed by atoms with E-state index in [2.05, 4.69) is 27.2 Å². The van der Waals surface area contributed by atoms with Crippen LogP contribution in [-0.4, -0.2) is 32.0 Å². The molecule has 2 aromatic rings. The Balaban J connectivity index is 1.81. The number of rotatable bonds is 2. The Morgan fingerprint density at radius 3 is 2.96 bits per heavy atom. The smallest absolute Gasteiger partial charge is 0.131 e. The fourth-order valence-corrected chi connectivity index (χ4v) is 2.95. The minimum atomic E-state index is -0.233. The van der Waals surface area contributed by atoms with Gasteiger partial charge >= 0.3 is 0 Å². The standard InChI is InChI=1S/C17H19ClN4O/c1-22-11-12(9-20-22)5-6-13-10-19-17(18)8-16(13)21-14-3-2-4-15(23)7-14/h8-11,14-15,23H,2-4,7H2,1H3,(H,19,21)/t14-,15+/m0/s1. The summed E-state index contributed by atoms with van der Waals surface area (Å²) < 4.78 is 1.71. The van der Waals surface area contributed by atoms with Crippen molar-refractivity contribution in [2.45, 2.75) is 37.8 Å². The molecule has 1 fully saturated rings. The molecule has 2 N–H and O–H groups in total. The quantitative estimate of drug-likeness (QED) is 0.656. The third kappa shape index (κ3) is 4.25. The van der Waals surface area contributed by atoms with Gasteiger partial charge in [0.1, 0.15) is 5.15 Å². The molecule has 2 heterocycles. The van der Waals surface area contributed by atoms with Crippen molar-refractivity contribution in [1.29, 1.82) is 0 Å². The molecule has 0 amide bonds. The number of aryl methyl sites for hydroxylation is 1. The van der Waals surface area contributed by atoms with Crippen molar-refractivity contribution < 1.29 is 5.11 Å². The number of nitrogens with one attached hydrogen (secondary N) is 1. The fraction of sp³-hybridized carbons (Fsp3) is 0.412. The number of aromatic nitrogens is 3. The highest BCUT2D eigenvalue weighted by molar-refractivity contribution is 6.29. The van der Waals surface area contributed by atoms with Gasteiger partial charge in [-0.2, -0.15) is 5.10 Å². The Labute approximate surface area is 140 Å². The van der Waals surface area contributed by atoms with Crippen molar-refractivity contribution in [3.8, 4) is 11.8 Å². The van der Waals surface area contributed by atoms with Crippen LogP contribution in [0.4, 0.5) is 5.69 Å². The Bertz CT molecular complexity index is 747. The molecule has 0 aliphatic heterocycles. The number of aliphatic hydroxyl groups excluding tert-OH is 1. The molecule has 0 bridgehead atoms. The minimum Gasteiger partial charge on any atom is -0.393 e. The van der Waals surface area contributed by atoms with E-state index in [0.717, 1.165) is 42.5 Å². The van der Waals surface area contributed by atoms with Gasteiger partial charge in [0.05, 0.1) is 29.1 Å². The summed E-state index contributed by atoms with van der Waals surface area (Å²) in [5, 5.41) is 17.8. The van der Waals surface area contributed by atoms with Crippen LogP contribution in [0.1, 0.15) is 36.8 Å². The summed E-state index contributed by atoms with van der Waals surface area (Å²) in [6.07, 6.45) is 8.71. The van der Waals surface area contributed by atoms with E-state index < -0.39 is 0 Å². The van der Waals surface area contributed by atoms with Gasteiger partial charge in [0.25, 0.3) is 0 Å². The zero-order chi connectivity index (χ0) is 16.2. The molecule has 23 heavy (non-hydrogen) atoms. The highest BCUT2D eigenvalue weighted by Crippen LogP contribution is 2.25. The van der Waals surface area contributed by atoms with Crippen LogP contribution in [0.3, 0.4) is 0 Å². The largest absolute Gasteiger partial charge is 0.393 e. The number of hydrogen-bond acceptors (Lipinski definition) is 4. The summed E-state index contributed by atoms with van der Waals surface area (Å²) in [5.74, 6) is 6.20.